The normalized spacial score (nSPS) is 20.6. The standard InChI is InChI=1S/C12H19BrN4O/c1-8(2)17-4-3-9(7-17)5-14-10-6-15-16-12(18)11(10)13/h6,8-9H,3-5,7H2,1-2H3,(H2,14,16,18). The number of anilines is 1. The fourth-order valence-electron chi connectivity index (χ4n) is 2.26. The van der Waals surface area contributed by atoms with Crippen molar-refractivity contribution in [3.63, 3.8) is 0 Å². The summed E-state index contributed by atoms with van der Waals surface area (Å²) < 4.78 is 0.524. The second-order valence-corrected chi connectivity index (χ2v) is 5.84. The van der Waals surface area contributed by atoms with E-state index in [0.29, 0.717) is 16.4 Å². The summed E-state index contributed by atoms with van der Waals surface area (Å²) in [6.45, 7) is 7.63. The van der Waals surface area contributed by atoms with E-state index in [0.717, 1.165) is 18.8 Å². The molecule has 1 aliphatic rings. The molecule has 1 saturated heterocycles. The van der Waals surface area contributed by atoms with Gasteiger partial charge in [-0.25, -0.2) is 5.10 Å². The second kappa shape index (κ2) is 5.84. The summed E-state index contributed by atoms with van der Waals surface area (Å²) in [6, 6.07) is 0.614. The molecular formula is C12H19BrN4O. The van der Waals surface area contributed by atoms with E-state index in [9.17, 15) is 4.79 Å². The first-order chi connectivity index (χ1) is 8.58. The molecule has 1 aromatic heterocycles. The van der Waals surface area contributed by atoms with Crippen molar-refractivity contribution in [2.75, 3.05) is 25.0 Å². The van der Waals surface area contributed by atoms with Gasteiger partial charge in [0.2, 0.25) is 0 Å². The molecule has 2 rings (SSSR count). The van der Waals surface area contributed by atoms with Crippen LogP contribution in [0.4, 0.5) is 5.69 Å². The average molecular weight is 315 g/mol. The number of likely N-dealkylation sites (tertiary alicyclic amines) is 1. The predicted molar refractivity (Wildman–Crippen MR) is 75.9 cm³/mol. The van der Waals surface area contributed by atoms with Crippen LogP contribution in [0.3, 0.4) is 0 Å². The minimum absolute atomic E-state index is 0.199. The lowest BCUT2D eigenvalue weighted by molar-refractivity contribution is 0.266. The van der Waals surface area contributed by atoms with Crippen molar-refractivity contribution < 1.29 is 0 Å². The van der Waals surface area contributed by atoms with Gasteiger partial charge in [-0.05, 0) is 48.7 Å². The van der Waals surface area contributed by atoms with Gasteiger partial charge in [-0.15, -0.1) is 0 Å². The van der Waals surface area contributed by atoms with E-state index in [1.54, 1.807) is 6.20 Å². The van der Waals surface area contributed by atoms with Crippen LogP contribution in [0, 0.1) is 5.92 Å². The number of rotatable bonds is 4. The number of nitrogens with one attached hydrogen (secondary N) is 2. The number of aromatic nitrogens is 2. The van der Waals surface area contributed by atoms with Gasteiger partial charge in [0, 0.05) is 19.1 Å². The Morgan fingerprint density at radius 1 is 1.67 bits per heavy atom. The first kappa shape index (κ1) is 13.5. The Labute approximate surface area is 115 Å². The van der Waals surface area contributed by atoms with Gasteiger partial charge in [0.1, 0.15) is 4.47 Å². The second-order valence-electron chi connectivity index (χ2n) is 5.05. The van der Waals surface area contributed by atoms with Crippen LogP contribution in [0.1, 0.15) is 20.3 Å². The minimum atomic E-state index is -0.199. The summed E-state index contributed by atoms with van der Waals surface area (Å²) in [5.74, 6) is 0.638. The summed E-state index contributed by atoms with van der Waals surface area (Å²) in [5, 5.41) is 9.48. The van der Waals surface area contributed by atoms with Gasteiger partial charge in [-0.2, -0.15) is 5.10 Å². The highest BCUT2D eigenvalue weighted by molar-refractivity contribution is 9.10. The van der Waals surface area contributed by atoms with Gasteiger partial charge in [-0.3, -0.25) is 4.79 Å². The molecule has 18 heavy (non-hydrogen) atoms. The van der Waals surface area contributed by atoms with Crippen molar-refractivity contribution in [1.29, 1.82) is 0 Å². The third-order valence-corrected chi connectivity index (χ3v) is 4.21. The fourth-order valence-corrected chi connectivity index (χ4v) is 2.59. The van der Waals surface area contributed by atoms with Gasteiger partial charge < -0.3 is 10.2 Å². The molecule has 0 saturated carbocycles. The smallest absolute Gasteiger partial charge is 0.280 e. The Kier molecular flexibility index (Phi) is 4.40. The highest BCUT2D eigenvalue weighted by atomic mass is 79.9. The highest BCUT2D eigenvalue weighted by Crippen LogP contribution is 2.21. The van der Waals surface area contributed by atoms with Crippen molar-refractivity contribution in [3.05, 3.63) is 21.0 Å². The van der Waals surface area contributed by atoms with Crippen molar-refractivity contribution in [2.45, 2.75) is 26.3 Å². The van der Waals surface area contributed by atoms with E-state index in [2.05, 4.69) is 50.2 Å². The van der Waals surface area contributed by atoms with E-state index in [1.807, 2.05) is 0 Å². The van der Waals surface area contributed by atoms with E-state index in [-0.39, 0.29) is 5.56 Å². The van der Waals surface area contributed by atoms with Gasteiger partial charge in [0.15, 0.2) is 0 Å². The molecule has 1 aromatic rings. The van der Waals surface area contributed by atoms with Gasteiger partial charge in [0.25, 0.3) is 5.56 Å². The zero-order valence-corrected chi connectivity index (χ0v) is 12.3. The van der Waals surface area contributed by atoms with Crippen molar-refractivity contribution in [3.8, 4) is 0 Å². The summed E-state index contributed by atoms with van der Waals surface area (Å²) in [4.78, 5) is 13.8. The van der Waals surface area contributed by atoms with Crippen molar-refractivity contribution in [1.82, 2.24) is 15.1 Å². The van der Waals surface area contributed by atoms with Crippen LogP contribution in [-0.2, 0) is 0 Å². The number of H-pyrrole nitrogens is 1. The topological polar surface area (TPSA) is 61.0 Å². The van der Waals surface area contributed by atoms with Crippen LogP contribution in [0.5, 0.6) is 0 Å². The van der Waals surface area contributed by atoms with Gasteiger partial charge in [0.05, 0.1) is 11.9 Å². The monoisotopic (exact) mass is 314 g/mol. The van der Waals surface area contributed by atoms with Gasteiger partial charge in [-0.1, -0.05) is 0 Å². The average Bonchev–Trinajstić information content (AvgIpc) is 2.80. The Bertz CT molecular complexity index is 460. The Morgan fingerprint density at radius 3 is 3.11 bits per heavy atom. The molecule has 0 bridgehead atoms. The molecule has 0 amide bonds. The Balaban J connectivity index is 1.89. The molecule has 1 aliphatic heterocycles. The van der Waals surface area contributed by atoms with Crippen LogP contribution in [0.25, 0.3) is 0 Å². The number of aromatic amines is 1. The molecule has 1 unspecified atom stereocenters. The summed E-state index contributed by atoms with van der Waals surface area (Å²) >= 11 is 3.27. The molecule has 0 radical (unpaired) electrons. The lowest BCUT2D eigenvalue weighted by Crippen LogP contribution is -2.29. The molecule has 0 aliphatic carbocycles. The van der Waals surface area contributed by atoms with Crippen molar-refractivity contribution in [2.24, 2.45) is 5.92 Å². The lowest BCUT2D eigenvalue weighted by atomic mass is 10.1. The van der Waals surface area contributed by atoms with Crippen LogP contribution in [0.15, 0.2) is 15.5 Å². The lowest BCUT2D eigenvalue weighted by Gasteiger charge is -2.20. The predicted octanol–water partition coefficient (Wildman–Crippen LogP) is 1.67. The maximum Gasteiger partial charge on any atom is 0.280 e. The molecular weight excluding hydrogens is 296 g/mol. The maximum atomic E-state index is 11.4. The number of hydrogen-bond donors (Lipinski definition) is 2. The molecule has 0 aromatic carbocycles. The van der Waals surface area contributed by atoms with E-state index in [1.165, 1.54) is 13.0 Å². The number of hydrogen-bond acceptors (Lipinski definition) is 4. The fraction of sp³-hybridized carbons (Fsp3) is 0.667. The van der Waals surface area contributed by atoms with E-state index in [4.69, 9.17) is 0 Å². The van der Waals surface area contributed by atoms with Crippen LogP contribution >= 0.6 is 15.9 Å². The highest BCUT2D eigenvalue weighted by Gasteiger charge is 2.24. The van der Waals surface area contributed by atoms with E-state index < -0.39 is 0 Å². The molecule has 5 nitrogen and oxygen atoms in total. The summed E-state index contributed by atoms with van der Waals surface area (Å²) in [6.07, 6.45) is 2.85. The van der Waals surface area contributed by atoms with Crippen LogP contribution in [-0.4, -0.2) is 40.8 Å². The molecule has 2 heterocycles. The third kappa shape index (κ3) is 3.11. The Hall–Kier alpha value is -0.880. The minimum Gasteiger partial charge on any atom is -0.382 e. The summed E-state index contributed by atoms with van der Waals surface area (Å²) in [5.41, 5.74) is 0.567. The maximum absolute atomic E-state index is 11.4. The quantitative estimate of drug-likeness (QED) is 0.887. The van der Waals surface area contributed by atoms with Crippen LogP contribution in [0.2, 0.25) is 0 Å². The zero-order chi connectivity index (χ0) is 13.1. The molecule has 0 spiro atoms. The molecule has 6 heteroatoms. The zero-order valence-electron chi connectivity index (χ0n) is 10.7. The largest absolute Gasteiger partial charge is 0.382 e. The Morgan fingerprint density at radius 2 is 2.44 bits per heavy atom. The molecule has 1 atom stereocenters. The van der Waals surface area contributed by atoms with E-state index >= 15 is 0 Å². The first-order valence-electron chi connectivity index (χ1n) is 6.29. The SMILES string of the molecule is CC(C)N1CCC(CNc2cn[nH]c(=O)c2Br)C1. The molecule has 2 N–H and O–H groups in total. The summed E-state index contributed by atoms with van der Waals surface area (Å²) in [7, 11) is 0. The number of halogens is 1. The van der Waals surface area contributed by atoms with Crippen molar-refractivity contribution >= 4 is 21.6 Å². The third-order valence-electron chi connectivity index (χ3n) is 3.42. The number of nitrogens with zero attached hydrogens (tertiary/aromatic N) is 2. The first-order valence-corrected chi connectivity index (χ1v) is 7.08. The van der Waals surface area contributed by atoms with Crippen LogP contribution < -0.4 is 10.9 Å². The molecule has 100 valence electrons. The molecule has 1 fully saturated rings. The van der Waals surface area contributed by atoms with Gasteiger partial charge >= 0.3 is 0 Å².